The molecule has 6 aromatic carbocycles. The average Bonchev–Trinajstić information content (AvgIpc) is 3.53. The van der Waals surface area contributed by atoms with Crippen molar-refractivity contribution in [2.75, 3.05) is 6.79 Å². The fourth-order valence-electron chi connectivity index (χ4n) is 6.15. The smallest absolute Gasteiger partial charge is 0.230 e. The predicted octanol–water partition coefficient (Wildman–Crippen LogP) is 10.2. The molecule has 1 aliphatic rings. The molecule has 0 unspecified atom stereocenters. The predicted molar refractivity (Wildman–Crippen MR) is 163 cm³/mol. The lowest BCUT2D eigenvalue weighted by Crippen LogP contribution is -2.03. The fourth-order valence-corrected chi connectivity index (χ4v) is 6.15. The quantitative estimate of drug-likeness (QED) is 0.223. The van der Waals surface area contributed by atoms with Gasteiger partial charge in [-0.15, -0.1) is 0 Å². The molecule has 1 aliphatic heterocycles. The van der Waals surface area contributed by atoms with Gasteiger partial charge in [0.25, 0.3) is 0 Å². The first-order chi connectivity index (χ1) is 20.3. The third-order valence-electron chi connectivity index (χ3n) is 8.10. The Hall–Kier alpha value is -5.48. The second-order valence-corrected chi connectivity index (χ2v) is 10.4. The summed E-state index contributed by atoms with van der Waals surface area (Å²) in [6.45, 7) is 0.149. The molecule has 0 atom stereocenters. The van der Waals surface area contributed by atoms with Gasteiger partial charge in [0.2, 0.25) is 6.79 Å². The van der Waals surface area contributed by atoms with Gasteiger partial charge < -0.3 is 18.3 Å². The monoisotopic (exact) mass is 530 g/mol. The molecule has 0 radical (unpaired) electrons. The highest BCUT2D eigenvalue weighted by atomic mass is 16.7. The lowest BCUT2D eigenvalue weighted by Gasteiger charge is -2.12. The van der Waals surface area contributed by atoms with Crippen molar-refractivity contribution in [3.63, 3.8) is 0 Å². The Labute approximate surface area is 235 Å². The number of benzene rings is 6. The van der Waals surface area contributed by atoms with Crippen LogP contribution in [0.2, 0.25) is 0 Å². The van der Waals surface area contributed by atoms with Crippen LogP contribution in [0.5, 0.6) is 11.5 Å². The van der Waals surface area contributed by atoms with Gasteiger partial charge in [0.1, 0.15) is 33.8 Å². The van der Waals surface area contributed by atoms with Crippen molar-refractivity contribution in [2.24, 2.45) is 0 Å². The van der Waals surface area contributed by atoms with E-state index in [0.29, 0.717) is 0 Å². The highest BCUT2D eigenvalue weighted by Gasteiger charge is 2.20. The number of rotatable bonds is 2. The maximum absolute atomic E-state index is 6.15. The number of furan rings is 2. The van der Waals surface area contributed by atoms with E-state index in [2.05, 4.69) is 66.7 Å². The van der Waals surface area contributed by atoms with Crippen molar-refractivity contribution in [1.29, 1.82) is 0 Å². The van der Waals surface area contributed by atoms with Crippen LogP contribution in [0, 0.1) is 0 Å². The molecule has 0 amide bonds. The standard InChI is InChI=1S/C37H22O4/c1-3-9-32-26(6-1)30-18-22(13-17-34(30)40-32)23-12-15-27-29-19-24(14-16-31(29)38-21-39-36(27)20-23)25-8-5-11-35-37(25)28-7-2-4-10-33(28)41-35/h1-20H,21H2. The first-order valence-electron chi connectivity index (χ1n) is 13.7. The zero-order valence-electron chi connectivity index (χ0n) is 21.9. The Morgan fingerprint density at radius 2 is 1.07 bits per heavy atom. The van der Waals surface area contributed by atoms with Crippen molar-refractivity contribution < 1.29 is 18.3 Å². The van der Waals surface area contributed by atoms with Gasteiger partial charge in [0, 0.05) is 32.7 Å². The van der Waals surface area contributed by atoms with Crippen LogP contribution in [-0.4, -0.2) is 6.79 Å². The van der Waals surface area contributed by atoms with E-state index in [4.69, 9.17) is 18.3 Å². The first-order valence-corrected chi connectivity index (χ1v) is 13.7. The molecule has 194 valence electrons. The zero-order valence-corrected chi connectivity index (χ0v) is 21.9. The minimum absolute atomic E-state index is 0.149. The number of hydrogen-bond donors (Lipinski definition) is 0. The maximum atomic E-state index is 6.15. The molecule has 0 bridgehead atoms. The van der Waals surface area contributed by atoms with E-state index in [1.807, 2.05) is 54.6 Å². The molecule has 4 nitrogen and oxygen atoms in total. The largest absolute Gasteiger partial charge is 0.457 e. The normalized spacial score (nSPS) is 12.7. The Morgan fingerprint density at radius 3 is 2.00 bits per heavy atom. The van der Waals surface area contributed by atoms with Crippen molar-refractivity contribution in [3.8, 4) is 44.9 Å². The van der Waals surface area contributed by atoms with Crippen LogP contribution in [-0.2, 0) is 0 Å². The Kier molecular flexibility index (Phi) is 4.64. The van der Waals surface area contributed by atoms with Gasteiger partial charge in [-0.3, -0.25) is 0 Å². The summed E-state index contributed by atoms with van der Waals surface area (Å²) in [5, 5.41) is 4.45. The summed E-state index contributed by atoms with van der Waals surface area (Å²) in [5.74, 6) is 1.60. The van der Waals surface area contributed by atoms with Crippen LogP contribution >= 0.6 is 0 Å². The number of ether oxygens (including phenoxy) is 2. The number of fused-ring (bicyclic) bond motifs is 9. The van der Waals surface area contributed by atoms with E-state index in [-0.39, 0.29) is 6.79 Å². The van der Waals surface area contributed by atoms with E-state index in [9.17, 15) is 0 Å². The van der Waals surface area contributed by atoms with Crippen molar-refractivity contribution in [1.82, 2.24) is 0 Å². The highest BCUT2D eigenvalue weighted by molar-refractivity contribution is 6.12. The molecule has 0 N–H and O–H groups in total. The molecule has 0 aliphatic carbocycles. The van der Waals surface area contributed by atoms with Gasteiger partial charge in [0.15, 0.2) is 0 Å². The summed E-state index contributed by atoms with van der Waals surface area (Å²) in [5.41, 5.74) is 9.96. The van der Waals surface area contributed by atoms with Crippen LogP contribution in [0.3, 0.4) is 0 Å². The first kappa shape index (κ1) is 22.3. The van der Waals surface area contributed by atoms with E-state index in [1.165, 1.54) is 0 Å². The van der Waals surface area contributed by atoms with Gasteiger partial charge in [-0.1, -0.05) is 66.7 Å². The van der Waals surface area contributed by atoms with Crippen LogP contribution in [0.15, 0.2) is 130 Å². The average molecular weight is 531 g/mol. The Morgan fingerprint density at radius 1 is 0.390 bits per heavy atom. The van der Waals surface area contributed by atoms with Crippen LogP contribution < -0.4 is 9.47 Å². The zero-order chi connectivity index (χ0) is 26.9. The Balaban J connectivity index is 1.18. The molecular weight excluding hydrogens is 508 g/mol. The van der Waals surface area contributed by atoms with Crippen LogP contribution in [0.25, 0.3) is 77.3 Å². The van der Waals surface area contributed by atoms with Crippen molar-refractivity contribution in [3.05, 3.63) is 121 Å². The molecule has 4 heteroatoms. The highest BCUT2D eigenvalue weighted by Crippen LogP contribution is 2.45. The second-order valence-electron chi connectivity index (χ2n) is 10.4. The molecule has 8 aromatic rings. The second kappa shape index (κ2) is 8.51. The Bertz CT molecular complexity index is 2300. The molecule has 0 saturated heterocycles. The molecular formula is C37H22O4. The molecule has 3 heterocycles. The summed E-state index contributed by atoms with van der Waals surface area (Å²) < 4.78 is 24.4. The summed E-state index contributed by atoms with van der Waals surface area (Å²) in [7, 11) is 0. The van der Waals surface area contributed by atoms with Crippen LogP contribution in [0.1, 0.15) is 0 Å². The van der Waals surface area contributed by atoms with Gasteiger partial charge >= 0.3 is 0 Å². The molecule has 9 rings (SSSR count). The molecule has 0 saturated carbocycles. The summed E-state index contributed by atoms with van der Waals surface area (Å²) in [6, 6.07) is 41.6. The molecule has 0 spiro atoms. The van der Waals surface area contributed by atoms with E-state index in [1.54, 1.807) is 0 Å². The lowest BCUT2D eigenvalue weighted by molar-refractivity contribution is 0.125. The molecule has 41 heavy (non-hydrogen) atoms. The summed E-state index contributed by atoms with van der Waals surface area (Å²) >= 11 is 0. The third kappa shape index (κ3) is 3.41. The van der Waals surface area contributed by atoms with E-state index < -0.39 is 0 Å². The van der Waals surface area contributed by atoms with Gasteiger partial charge in [-0.2, -0.15) is 0 Å². The molecule has 0 fully saturated rings. The van der Waals surface area contributed by atoms with E-state index in [0.717, 1.165) is 88.8 Å². The van der Waals surface area contributed by atoms with Crippen molar-refractivity contribution in [2.45, 2.75) is 0 Å². The minimum atomic E-state index is 0.149. The van der Waals surface area contributed by atoms with Crippen LogP contribution in [0.4, 0.5) is 0 Å². The fraction of sp³-hybridized carbons (Fsp3) is 0.0270. The summed E-state index contributed by atoms with van der Waals surface area (Å²) in [6.07, 6.45) is 0. The van der Waals surface area contributed by atoms with E-state index >= 15 is 0 Å². The third-order valence-corrected chi connectivity index (χ3v) is 8.10. The van der Waals surface area contributed by atoms with Gasteiger partial charge in [-0.05, 0) is 76.9 Å². The maximum Gasteiger partial charge on any atom is 0.230 e. The lowest BCUT2D eigenvalue weighted by atomic mass is 9.93. The minimum Gasteiger partial charge on any atom is -0.457 e. The number of para-hydroxylation sites is 2. The van der Waals surface area contributed by atoms with Gasteiger partial charge in [0.05, 0.1) is 0 Å². The number of hydrogen-bond acceptors (Lipinski definition) is 4. The van der Waals surface area contributed by atoms with Crippen molar-refractivity contribution >= 4 is 43.9 Å². The summed E-state index contributed by atoms with van der Waals surface area (Å²) in [4.78, 5) is 0. The van der Waals surface area contributed by atoms with Gasteiger partial charge in [-0.25, -0.2) is 0 Å². The molecule has 2 aromatic heterocycles. The SMILES string of the molecule is c1ccc2c(c1)oc1ccc(-c3ccc4c(c3)OCOc3ccc(-c5cccc6oc7ccccc7c56)cc3-4)cc12. The topological polar surface area (TPSA) is 44.7 Å².